The normalized spacial score (nSPS) is 12.6. The lowest BCUT2D eigenvalue weighted by atomic mass is 9.95. The third kappa shape index (κ3) is 5.11. The Morgan fingerprint density at radius 1 is 1.50 bits per heavy atom. The van der Waals surface area contributed by atoms with Crippen molar-refractivity contribution < 1.29 is 4.79 Å². The highest BCUT2D eigenvalue weighted by atomic mass is 16.1. The van der Waals surface area contributed by atoms with E-state index in [1.54, 1.807) is 0 Å². The number of carbonyl (C=O) groups excluding carboxylic acids is 1. The molecule has 0 heterocycles. The Kier molecular flexibility index (Phi) is 5.69. The third-order valence-corrected chi connectivity index (χ3v) is 1.98. The zero-order valence-corrected chi connectivity index (χ0v) is 8.52. The van der Waals surface area contributed by atoms with Gasteiger partial charge in [-0.1, -0.05) is 25.8 Å². The smallest absolute Gasteiger partial charge is 0.136 e. The van der Waals surface area contributed by atoms with Gasteiger partial charge in [0.05, 0.1) is 0 Å². The molecule has 0 aromatic heterocycles. The van der Waals surface area contributed by atoms with Crippen LogP contribution < -0.4 is 0 Å². The fourth-order valence-corrected chi connectivity index (χ4v) is 1.23. The van der Waals surface area contributed by atoms with Crippen LogP contribution in [0.5, 0.6) is 0 Å². The Morgan fingerprint density at radius 3 is 2.50 bits per heavy atom. The maximum Gasteiger partial charge on any atom is 0.136 e. The van der Waals surface area contributed by atoms with Crippen LogP contribution in [0.1, 0.15) is 46.5 Å². The molecule has 70 valence electrons. The van der Waals surface area contributed by atoms with E-state index < -0.39 is 0 Å². The zero-order valence-electron chi connectivity index (χ0n) is 8.52. The summed E-state index contributed by atoms with van der Waals surface area (Å²) in [5, 5.41) is 0. The highest BCUT2D eigenvalue weighted by molar-refractivity contribution is 5.80. The van der Waals surface area contributed by atoms with Crippen LogP contribution in [-0.2, 0) is 4.79 Å². The number of allylic oxidation sites excluding steroid dienone is 1. The third-order valence-electron chi connectivity index (χ3n) is 1.98. The lowest BCUT2D eigenvalue weighted by molar-refractivity contribution is -0.122. The molecular weight excluding hydrogens is 148 g/mol. The first kappa shape index (κ1) is 11.4. The van der Waals surface area contributed by atoms with Crippen molar-refractivity contribution in [2.45, 2.75) is 46.5 Å². The quantitative estimate of drug-likeness (QED) is 0.556. The summed E-state index contributed by atoms with van der Waals surface area (Å²) < 4.78 is 0. The summed E-state index contributed by atoms with van der Waals surface area (Å²) in [7, 11) is 0. The van der Waals surface area contributed by atoms with E-state index in [9.17, 15) is 4.79 Å². The van der Waals surface area contributed by atoms with Crippen LogP contribution >= 0.6 is 0 Å². The van der Waals surface area contributed by atoms with Crippen molar-refractivity contribution in [1.29, 1.82) is 0 Å². The van der Waals surface area contributed by atoms with Crippen molar-refractivity contribution in [2.24, 2.45) is 5.92 Å². The lowest BCUT2D eigenvalue weighted by Gasteiger charge is -2.08. The highest BCUT2D eigenvalue weighted by Crippen LogP contribution is 2.13. The molecule has 0 aliphatic carbocycles. The molecule has 0 aliphatic rings. The summed E-state index contributed by atoms with van der Waals surface area (Å²) in [5.74, 6) is 0.564. The number of Topliss-reactive ketones (excluding diaryl/α,β-unsaturated/α-hetero) is 1. The molecule has 0 aliphatic heterocycles. The average molecular weight is 168 g/mol. The largest absolute Gasteiger partial charge is 0.299 e. The Hall–Kier alpha value is -0.590. The minimum absolute atomic E-state index is 0.175. The molecule has 0 saturated heterocycles. The van der Waals surface area contributed by atoms with E-state index in [0.717, 1.165) is 31.3 Å². The minimum Gasteiger partial charge on any atom is -0.299 e. The van der Waals surface area contributed by atoms with Crippen LogP contribution in [0.3, 0.4) is 0 Å². The van der Waals surface area contributed by atoms with Gasteiger partial charge in [0.15, 0.2) is 0 Å². The Labute approximate surface area is 75.9 Å². The van der Waals surface area contributed by atoms with E-state index >= 15 is 0 Å². The SMILES string of the molecule is C=C(C)CC(C)C(=O)CCCC. The van der Waals surface area contributed by atoms with Crippen molar-refractivity contribution in [3.8, 4) is 0 Å². The predicted octanol–water partition coefficient (Wildman–Crippen LogP) is 3.35. The zero-order chi connectivity index (χ0) is 9.56. The Morgan fingerprint density at radius 2 is 2.08 bits per heavy atom. The van der Waals surface area contributed by atoms with Gasteiger partial charge < -0.3 is 0 Å². The van der Waals surface area contributed by atoms with Gasteiger partial charge in [0, 0.05) is 12.3 Å². The number of rotatable bonds is 6. The fourth-order valence-electron chi connectivity index (χ4n) is 1.23. The molecule has 12 heavy (non-hydrogen) atoms. The highest BCUT2D eigenvalue weighted by Gasteiger charge is 2.11. The molecule has 1 unspecified atom stereocenters. The number of unbranched alkanes of at least 4 members (excludes halogenated alkanes) is 1. The number of carbonyl (C=O) groups is 1. The lowest BCUT2D eigenvalue weighted by Crippen LogP contribution is -2.10. The second kappa shape index (κ2) is 5.99. The molecule has 0 amide bonds. The van der Waals surface area contributed by atoms with Crippen LogP contribution in [0, 0.1) is 5.92 Å². The molecule has 1 atom stereocenters. The summed E-state index contributed by atoms with van der Waals surface area (Å²) in [5.41, 5.74) is 1.10. The maximum atomic E-state index is 11.4. The van der Waals surface area contributed by atoms with Gasteiger partial charge in [0.1, 0.15) is 5.78 Å². The average Bonchev–Trinajstić information content (AvgIpc) is 1.98. The molecule has 1 heteroatoms. The van der Waals surface area contributed by atoms with E-state index in [2.05, 4.69) is 13.5 Å². The molecule has 0 N–H and O–H groups in total. The number of ketones is 1. The van der Waals surface area contributed by atoms with E-state index in [1.807, 2.05) is 13.8 Å². The Bertz CT molecular complexity index is 158. The van der Waals surface area contributed by atoms with E-state index in [4.69, 9.17) is 0 Å². The van der Waals surface area contributed by atoms with Gasteiger partial charge in [0.2, 0.25) is 0 Å². The molecule has 1 nitrogen and oxygen atoms in total. The summed E-state index contributed by atoms with van der Waals surface area (Å²) in [6.07, 6.45) is 3.72. The van der Waals surface area contributed by atoms with Gasteiger partial charge in [-0.3, -0.25) is 4.79 Å². The van der Waals surface area contributed by atoms with Gasteiger partial charge in [0.25, 0.3) is 0 Å². The number of hydrogen-bond acceptors (Lipinski definition) is 1. The summed E-state index contributed by atoms with van der Waals surface area (Å²) in [4.78, 5) is 11.4. The summed E-state index contributed by atoms with van der Waals surface area (Å²) >= 11 is 0. The fraction of sp³-hybridized carbons (Fsp3) is 0.727. The molecule has 0 spiro atoms. The van der Waals surface area contributed by atoms with Crippen LogP contribution in [0.4, 0.5) is 0 Å². The van der Waals surface area contributed by atoms with Gasteiger partial charge >= 0.3 is 0 Å². The van der Waals surface area contributed by atoms with Crippen LogP contribution in [0.25, 0.3) is 0 Å². The second-order valence-electron chi connectivity index (χ2n) is 3.63. The molecule has 0 saturated carbocycles. The first-order valence-corrected chi connectivity index (χ1v) is 4.75. The molecule has 0 fully saturated rings. The van der Waals surface area contributed by atoms with Gasteiger partial charge in [-0.2, -0.15) is 0 Å². The van der Waals surface area contributed by atoms with Gasteiger partial charge in [-0.15, -0.1) is 6.58 Å². The predicted molar refractivity (Wildman–Crippen MR) is 53.1 cm³/mol. The van der Waals surface area contributed by atoms with E-state index in [1.165, 1.54) is 0 Å². The van der Waals surface area contributed by atoms with Crippen LogP contribution in [0.2, 0.25) is 0 Å². The minimum atomic E-state index is 0.175. The Balaban J connectivity index is 3.69. The van der Waals surface area contributed by atoms with Crippen LogP contribution in [-0.4, -0.2) is 5.78 Å². The summed E-state index contributed by atoms with van der Waals surface area (Å²) in [6.45, 7) is 9.88. The number of hydrogen-bond donors (Lipinski definition) is 0. The van der Waals surface area contributed by atoms with Gasteiger partial charge in [-0.25, -0.2) is 0 Å². The second-order valence-corrected chi connectivity index (χ2v) is 3.63. The molecular formula is C11H20O. The molecule has 0 aromatic rings. The molecule has 0 aromatic carbocycles. The monoisotopic (exact) mass is 168 g/mol. The van der Waals surface area contributed by atoms with E-state index in [-0.39, 0.29) is 5.92 Å². The first-order valence-electron chi connectivity index (χ1n) is 4.75. The van der Waals surface area contributed by atoms with Crippen molar-refractivity contribution in [2.75, 3.05) is 0 Å². The maximum absolute atomic E-state index is 11.4. The van der Waals surface area contributed by atoms with Crippen molar-refractivity contribution in [3.63, 3.8) is 0 Å². The van der Waals surface area contributed by atoms with Crippen molar-refractivity contribution in [3.05, 3.63) is 12.2 Å². The topological polar surface area (TPSA) is 17.1 Å². The van der Waals surface area contributed by atoms with Gasteiger partial charge in [-0.05, 0) is 19.8 Å². The standard InChI is InChI=1S/C11H20O/c1-5-6-7-11(12)10(4)8-9(2)3/h10H,2,5-8H2,1,3-4H3. The molecule has 0 radical (unpaired) electrons. The van der Waals surface area contributed by atoms with E-state index in [0.29, 0.717) is 5.78 Å². The summed E-state index contributed by atoms with van der Waals surface area (Å²) in [6, 6.07) is 0. The first-order chi connectivity index (χ1) is 5.57. The van der Waals surface area contributed by atoms with Crippen molar-refractivity contribution in [1.82, 2.24) is 0 Å². The molecule has 0 bridgehead atoms. The van der Waals surface area contributed by atoms with Crippen molar-refractivity contribution >= 4 is 5.78 Å². The van der Waals surface area contributed by atoms with Crippen LogP contribution in [0.15, 0.2) is 12.2 Å². The molecule has 0 rings (SSSR count).